The topological polar surface area (TPSA) is 54.0 Å². The fraction of sp³-hybridized carbons (Fsp3) is 0.350. The molecule has 7 heteroatoms. The highest BCUT2D eigenvalue weighted by molar-refractivity contribution is 6.32. The summed E-state index contributed by atoms with van der Waals surface area (Å²) in [6.07, 6.45) is 0. The Balaban J connectivity index is 1.38. The van der Waals surface area contributed by atoms with Crippen molar-refractivity contribution in [2.45, 2.75) is 0 Å². The summed E-state index contributed by atoms with van der Waals surface area (Å²) in [5.74, 6) is 1.47. The number of methoxy groups -OCH3 is 1. The number of anilines is 1. The predicted octanol–water partition coefficient (Wildman–Crippen LogP) is 3.26. The van der Waals surface area contributed by atoms with E-state index in [0.717, 1.165) is 24.5 Å². The zero-order valence-corrected chi connectivity index (χ0v) is 16.1. The van der Waals surface area contributed by atoms with Gasteiger partial charge in [-0.3, -0.25) is 0 Å². The van der Waals surface area contributed by atoms with Crippen LogP contribution in [0.5, 0.6) is 11.5 Å². The molecule has 0 aromatic heterocycles. The van der Waals surface area contributed by atoms with Crippen molar-refractivity contribution in [2.75, 3.05) is 51.3 Å². The number of carbonyl (C=O) groups excluding carboxylic acids is 1. The first-order chi connectivity index (χ1) is 13.2. The van der Waals surface area contributed by atoms with E-state index in [4.69, 9.17) is 21.1 Å². The molecular weight excluding hydrogens is 366 g/mol. The molecule has 1 aliphatic heterocycles. The number of ether oxygens (including phenoxy) is 2. The lowest BCUT2D eigenvalue weighted by atomic mass is 10.2. The maximum Gasteiger partial charge on any atom is 0.317 e. The second kappa shape index (κ2) is 9.37. The molecule has 3 rings (SSSR count). The van der Waals surface area contributed by atoms with Crippen LogP contribution in [0.3, 0.4) is 0 Å². The molecule has 2 amide bonds. The van der Waals surface area contributed by atoms with Gasteiger partial charge in [-0.1, -0.05) is 23.7 Å². The van der Waals surface area contributed by atoms with Gasteiger partial charge in [-0.25, -0.2) is 4.79 Å². The van der Waals surface area contributed by atoms with Crippen molar-refractivity contribution in [3.8, 4) is 11.5 Å². The minimum atomic E-state index is -0.0628. The molecular formula is C20H24ClN3O3. The Morgan fingerprint density at radius 2 is 1.78 bits per heavy atom. The van der Waals surface area contributed by atoms with Gasteiger partial charge < -0.3 is 24.6 Å². The minimum Gasteiger partial charge on any atom is -0.497 e. The van der Waals surface area contributed by atoms with E-state index in [0.29, 0.717) is 37.0 Å². The van der Waals surface area contributed by atoms with E-state index < -0.39 is 0 Å². The molecule has 27 heavy (non-hydrogen) atoms. The molecule has 0 radical (unpaired) electrons. The third-order valence-electron chi connectivity index (χ3n) is 4.48. The molecule has 0 spiro atoms. The minimum absolute atomic E-state index is 0.0628. The zero-order chi connectivity index (χ0) is 19.1. The summed E-state index contributed by atoms with van der Waals surface area (Å²) in [5.41, 5.74) is 1.14. The predicted molar refractivity (Wildman–Crippen MR) is 107 cm³/mol. The summed E-state index contributed by atoms with van der Waals surface area (Å²) in [6, 6.07) is 15.2. The van der Waals surface area contributed by atoms with Gasteiger partial charge in [0, 0.05) is 31.9 Å². The SMILES string of the molecule is COc1ccc(N2CCN(C(=O)NCCOc3ccccc3Cl)CC2)cc1. The quantitative estimate of drug-likeness (QED) is 0.770. The highest BCUT2D eigenvalue weighted by Gasteiger charge is 2.21. The Hall–Kier alpha value is -2.60. The van der Waals surface area contributed by atoms with E-state index in [1.807, 2.05) is 47.4 Å². The van der Waals surface area contributed by atoms with Gasteiger partial charge in [0.2, 0.25) is 0 Å². The Bertz CT molecular complexity index is 746. The second-order valence-electron chi connectivity index (χ2n) is 6.18. The van der Waals surface area contributed by atoms with Crippen LogP contribution in [0.15, 0.2) is 48.5 Å². The van der Waals surface area contributed by atoms with E-state index in [1.54, 1.807) is 13.2 Å². The van der Waals surface area contributed by atoms with Crippen LogP contribution in [0.1, 0.15) is 0 Å². The van der Waals surface area contributed by atoms with Crippen LogP contribution in [0.25, 0.3) is 0 Å². The van der Waals surface area contributed by atoms with E-state index in [2.05, 4.69) is 10.2 Å². The number of halogens is 1. The Morgan fingerprint density at radius 3 is 2.44 bits per heavy atom. The smallest absolute Gasteiger partial charge is 0.317 e. The maximum absolute atomic E-state index is 12.3. The summed E-state index contributed by atoms with van der Waals surface area (Å²) in [6.45, 7) is 3.78. The fourth-order valence-electron chi connectivity index (χ4n) is 2.95. The molecule has 0 saturated carbocycles. The molecule has 144 valence electrons. The van der Waals surface area contributed by atoms with Gasteiger partial charge in [-0.15, -0.1) is 0 Å². The van der Waals surface area contributed by atoms with Crippen molar-refractivity contribution in [1.29, 1.82) is 0 Å². The second-order valence-corrected chi connectivity index (χ2v) is 6.59. The number of piperazine rings is 1. The Morgan fingerprint density at radius 1 is 1.07 bits per heavy atom. The zero-order valence-electron chi connectivity index (χ0n) is 15.4. The summed E-state index contributed by atoms with van der Waals surface area (Å²) in [4.78, 5) is 16.4. The lowest BCUT2D eigenvalue weighted by molar-refractivity contribution is 0.191. The van der Waals surface area contributed by atoms with Crippen molar-refractivity contribution in [3.63, 3.8) is 0 Å². The number of hydrogen-bond donors (Lipinski definition) is 1. The van der Waals surface area contributed by atoms with E-state index in [1.165, 1.54) is 0 Å². The third kappa shape index (κ3) is 5.20. The van der Waals surface area contributed by atoms with Crippen LogP contribution in [0.4, 0.5) is 10.5 Å². The normalized spacial score (nSPS) is 14.0. The standard InChI is InChI=1S/C20H24ClN3O3/c1-26-17-8-6-16(7-9-17)23-11-13-24(14-12-23)20(25)22-10-15-27-19-5-3-2-4-18(19)21/h2-9H,10-15H2,1H3,(H,22,25). The van der Waals surface area contributed by atoms with Crippen LogP contribution in [-0.4, -0.2) is 57.4 Å². The Kier molecular flexibility index (Phi) is 6.65. The van der Waals surface area contributed by atoms with Crippen molar-refractivity contribution in [1.82, 2.24) is 10.2 Å². The van der Waals surface area contributed by atoms with Crippen molar-refractivity contribution >= 4 is 23.3 Å². The van der Waals surface area contributed by atoms with Gasteiger partial charge in [-0.2, -0.15) is 0 Å². The van der Waals surface area contributed by atoms with Gasteiger partial charge in [0.15, 0.2) is 0 Å². The monoisotopic (exact) mass is 389 g/mol. The van der Waals surface area contributed by atoms with E-state index >= 15 is 0 Å². The van der Waals surface area contributed by atoms with Crippen LogP contribution in [0.2, 0.25) is 5.02 Å². The number of amides is 2. The molecule has 1 aliphatic rings. The number of carbonyl (C=O) groups is 1. The number of urea groups is 1. The maximum atomic E-state index is 12.3. The summed E-state index contributed by atoms with van der Waals surface area (Å²) >= 11 is 6.04. The fourth-order valence-corrected chi connectivity index (χ4v) is 3.14. The van der Waals surface area contributed by atoms with Crippen LogP contribution >= 0.6 is 11.6 Å². The molecule has 1 heterocycles. The van der Waals surface area contributed by atoms with Gasteiger partial charge in [-0.05, 0) is 36.4 Å². The number of benzene rings is 2. The molecule has 2 aromatic rings. The highest BCUT2D eigenvalue weighted by atomic mass is 35.5. The highest BCUT2D eigenvalue weighted by Crippen LogP contribution is 2.23. The first kappa shape index (κ1) is 19.2. The first-order valence-electron chi connectivity index (χ1n) is 8.96. The summed E-state index contributed by atoms with van der Waals surface area (Å²) in [7, 11) is 1.66. The molecule has 0 unspecified atom stereocenters. The molecule has 6 nitrogen and oxygen atoms in total. The van der Waals surface area contributed by atoms with Gasteiger partial charge in [0.1, 0.15) is 18.1 Å². The van der Waals surface area contributed by atoms with Gasteiger partial charge in [0.05, 0.1) is 18.7 Å². The van der Waals surface area contributed by atoms with E-state index in [9.17, 15) is 4.79 Å². The largest absolute Gasteiger partial charge is 0.497 e. The van der Waals surface area contributed by atoms with Crippen molar-refractivity contribution in [3.05, 3.63) is 53.6 Å². The summed E-state index contributed by atoms with van der Waals surface area (Å²) < 4.78 is 10.8. The average molecular weight is 390 g/mol. The molecule has 0 aliphatic carbocycles. The first-order valence-corrected chi connectivity index (χ1v) is 9.34. The van der Waals surface area contributed by atoms with E-state index in [-0.39, 0.29) is 6.03 Å². The van der Waals surface area contributed by atoms with Crippen molar-refractivity contribution < 1.29 is 14.3 Å². The number of rotatable bonds is 6. The number of hydrogen-bond acceptors (Lipinski definition) is 4. The molecule has 2 aromatic carbocycles. The molecule has 1 fully saturated rings. The number of nitrogens with one attached hydrogen (secondary N) is 1. The third-order valence-corrected chi connectivity index (χ3v) is 4.79. The molecule has 1 saturated heterocycles. The number of para-hydroxylation sites is 1. The van der Waals surface area contributed by atoms with Crippen LogP contribution < -0.4 is 19.7 Å². The lowest BCUT2D eigenvalue weighted by Crippen LogP contribution is -2.52. The van der Waals surface area contributed by atoms with Gasteiger partial charge in [0.25, 0.3) is 0 Å². The molecule has 1 N–H and O–H groups in total. The molecule has 0 bridgehead atoms. The van der Waals surface area contributed by atoms with Crippen molar-refractivity contribution in [2.24, 2.45) is 0 Å². The summed E-state index contributed by atoms with van der Waals surface area (Å²) in [5, 5.41) is 3.46. The van der Waals surface area contributed by atoms with Gasteiger partial charge >= 0.3 is 6.03 Å². The van der Waals surface area contributed by atoms with Crippen LogP contribution in [0, 0.1) is 0 Å². The Labute approximate surface area is 164 Å². The number of nitrogens with zero attached hydrogens (tertiary/aromatic N) is 2. The molecule has 0 atom stereocenters. The lowest BCUT2D eigenvalue weighted by Gasteiger charge is -2.36. The average Bonchev–Trinajstić information content (AvgIpc) is 2.72. The van der Waals surface area contributed by atoms with Crippen LogP contribution in [-0.2, 0) is 0 Å².